The van der Waals surface area contributed by atoms with Crippen LogP contribution in [-0.2, 0) is 10.0 Å². The van der Waals surface area contributed by atoms with Crippen molar-refractivity contribution in [3.05, 3.63) is 22.9 Å². The van der Waals surface area contributed by atoms with Gasteiger partial charge in [-0.15, -0.1) is 0 Å². The van der Waals surface area contributed by atoms with E-state index in [4.69, 9.17) is 0 Å². The summed E-state index contributed by atoms with van der Waals surface area (Å²) in [6.07, 6.45) is 4.79. The lowest BCUT2D eigenvalue weighted by atomic mass is 9.98. The SMILES string of the molecule is CNCC1CCN(S(=O)(=O)c2cncc(Br)c2)CC1. The zero-order valence-electron chi connectivity index (χ0n) is 10.8. The van der Waals surface area contributed by atoms with Gasteiger partial charge in [-0.1, -0.05) is 0 Å². The van der Waals surface area contributed by atoms with Gasteiger partial charge >= 0.3 is 0 Å². The van der Waals surface area contributed by atoms with Crippen molar-refractivity contribution in [2.75, 3.05) is 26.7 Å². The number of sulfonamides is 1. The molecule has 0 unspecified atom stereocenters. The smallest absolute Gasteiger partial charge is 0.244 e. The van der Waals surface area contributed by atoms with Gasteiger partial charge in [0.15, 0.2) is 0 Å². The second-order valence-corrected chi connectivity index (χ2v) is 7.60. The van der Waals surface area contributed by atoms with E-state index in [-0.39, 0.29) is 4.90 Å². The fourth-order valence-corrected chi connectivity index (χ4v) is 4.30. The van der Waals surface area contributed by atoms with E-state index in [1.165, 1.54) is 6.20 Å². The number of hydrogen-bond acceptors (Lipinski definition) is 4. The summed E-state index contributed by atoms with van der Waals surface area (Å²) in [6.45, 7) is 2.12. The summed E-state index contributed by atoms with van der Waals surface area (Å²) in [6, 6.07) is 1.60. The third kappa shape index (κ3) is 3.53. The first kappa shape index (κ1) is 14.9. The van der Waals surface area contributed by atoms with E-state index in [0.717, 1.165) is 19.4 Å². The molecular weight excluding hydrogens is 330 g/mol. The summed E-state index contributed by atoms with van der Waals surface area (Å²) < 4.78 is 27.1. The Morgan fingerprint density at radius 3 is 2.68 bits per heavy atom. The molecule has 0 atom stereocenters. The number of rotatable bonds is 4. The Hall–Kier alpha value is -0.500. The number of pyridine rings is 1. The molecule has 0 spiro atoms. The average molecular weight is 348 g/mol. The molecule has 106 valence electrons. The lowest BCUT2D eigenvalue weighted by molar-refractivity contribution is 0.270. The van der Waals surface area contributed by atoms with Crippen LogP contribution in [0.4, 0.5) is 0 Å². The molecule has 1 aromatic heterocycles. The molecule has 0 aliphatic carbocycles. The zero-order valence-corrected chi connectivity index (χ0v) is 13.2. The fourth-order valence-electron chi connectivity index (χ4n) is 2.32. The Kier molecular flexibility index (Phi) is 4.94. The lowest BCUT2D eigenvalue weighted by Gasteiger charge is -2.31. The molecule has 2 rings (SSSR count). The Labute approximate surface area is 122 Å². The third-order valence-electron chi connectivity index (χ3n) is 3.38. The second kappa shape index (κ2) is 6.30. The Balaban J connectivity index is 2.10. The van der Waals surface area contributed by atoms with Crippen molar-refractivity contribution in [3.8, 4) is 0 Å². The van der Waals surface area contributed by atoms with E-state index in [1.54, 1.807) is 16.6 Å². The Morgan fingerprint density at radius 2 is 2.11 bits per heavy atom. The lowest BCUT2D eigenvalue weighted by Crippen LogP contribution is -2.40. The van der Waals surface area contributed by atoms with Crippen molar-refractivity contribution in [2.24, 2.45) is 5.92 Å². The molecule has 0 amide bonds. The summed E-state index contributed by atoms with van der Waals surface area (Å²) >= 11 is 3.25. The molecule has 0 saturated carbocycles. The molecule has 1 aromatic rings. The van der Waals surface area contributed by atoms with Gasteiger partial charge in [0, 0.05) is 30.0 Å². The van der Waals surface area contributed by atoms with Crippen LogP contribution in [-0.4, -0.2) is 44.4 Å². The van der Waals surface area contributed by atoms with Gasteiger partial charge in [-0.3, -0.25) is 4.98 Å². The molecule has 0 bridgehead atoms. The minimum absolute atomic E-state index is 0.258. The normalized spacial score (nSPS) is 18.6. The van der Waals surface area contributed by atoms with Gasteiger partial charge in [0.05, 0.1) is 0 Å². The first-order valence-electron chi connectivity index (χ1n) is 6.29. The van der Waals surface area contributed by atoms with Crippen molar-refractivity contribution >= 4 is 26.0 Å². The molecule has 2 heterocycles. The monoisotopic (exact) mass is 347 g/mol. The third-order valence-corrected chi connectivity index (χ3v) is 5.68. The fraction of sp³-hybridized carbons (Fsp3) is 0.583. The van der Waals surface area contributed by atoms with Gasteiger partial charge in [-0.2, -0.15) is 4.31 Å². The predicted octanol–water partition coefficient (Wildman–Crippen LogP) is 1.46. The molecule has 1 aliphatic heterocycles. The highest BCUT2D eigenvalue weighted by Gasteiger charge is 2.29. The Bertz CT molecular complexity index is 528. The molecule has 0 radical (unpaired) electrons. The largest absolute Gasteiger partial charge is 0.319 e. The van der Waals surface area contributed by atoms with Crippen LogP contribution in [0.5, 0.6) is 0 Å². The van der Waals surface area contributed by atoms with E-state index in [9.17, 15) is 8.42 Å². The number of aromatic nitrogens is 1. The summed E-state index contributed by atoms with van der Waals surface area (Å²) in [5, 5.41) is 3.15. The topological polar surface area (TPSA) is 62.3 Å². The minimum atomic E-state index is -3.40. The first-order valence-corrected chi connectivity index (χ1v) is 8.52. The van der Waals surface area contributed by atoms with Crippen LogP contribution >= 0.6 is 15.9 Å². The van der Waals surface area contributed by atoms with Crippen molar-refractivity contribution < 1.29 is 8.42 Å². The highest BCUT2D eigenvalue weighted by molar-refractivity contribution is 9.10. The van der Waals surface area contributed by atoms with E-state index < -0.39 is 10.0 Å². The van der Waals surface area contributed by atoms with Gasteiger partial charge in [0.1, 0.15) is 4.90 Å². The van der Waals surface area contributed by atoms with Gasteiger partial charge in [0.25, 0.3) is 0 Å². The van der Waals surface area contributed by atoms with Gasteiger partial charge in [-0.25, -0.2) is 8.42 Å². The maximum absolute atomic E-state index is 12.5. The van der Waals surface area contributed by atoms with E-state index >= 15 is 0 Å². The molecule has 1 saturated heterocycles. The second-order valence-electron chi connectivity index (χ2n) is 4.74. The molecular formula is C12H18BrN3O2S. The molecule has 5 nitrogen and oxygen atoms in total. The molecule has 0 aromatic carbocycles. The van der Waals surface area contributed by atoms with Crippen molar-refractivity contribution in [1.82, 2.24) is 14.6 Å². The molecule has 7 heteroatoms. The van der Waals surface area contributed by atoms with Crippen molar-refractivity contribution in [1.29, 1.82) is 0 Å². The molecule has 1 N–H and O–H groups in total. The quantitative estimate of drug-likeness (QED) is 0.895. The zero-order chi connectivity index (χ0) is 13.9. The van der Waals surface area contributed by atoms with Crippen LogP contribution in [0.3, 0.4) is 0 Å². The maximum Gasteiger partial charge on any atom is 0.244 e. The van der Waals surface area contributed by atoms with Gasteiger partial charge in [0.2, 0.25) is 10.0 Å². The van der Waals surface area contributed by atoms with E-state index in [0.29, 0.717) is 23.5 Å². The standard InChI is InChI=1S/C12H18BrN3O2S/c1-14-7-10-2-4-16(5-3-10)19(17,18)12-6-11(13)8-15-9-12/h6,8-10,14H,2-5,7H2,1H3. The van der Waals surface area contributed by atoms with Gasteiger partial charge in [-0.05, 0) is 54.3 Å². The van der Waals surface area contributed by atoms with Crippen LogP contribution in [0.15, 0.2) is 27.8 Å². The summed E-state index contributed by atoms with van der Waals surface area (Å²) in [7, 11) is -1.48. The average Bonchev–Trinajstić information content (AvgIpc) is 2.40. The van der Waals surface area contributed by atoms with Gasteiger partial charge < -0.3 is 5.32 Å². The summed E-state index contributed by atoms with van der Waals surface area (Å²) in [4.78, 5) is 4.19. The minimum Gasteiger partial charge on any atom is -0.319 e. The maximum atomic E-state index is 12.5. The van der Waals surface area contributed by atoms with Crippen molar-refractivity contribution in [3.63, 3.8) is 0 Å². The van der Waals surface area contributed by atoms with Crippen LogP contribution in [0.1, 0.15) is 12.8 Å². The van der Waals surface area contributed by atoms with Crippen LogP contribution in [0.25, 0.3) is 0 Å². The molecule has 19 heavy (non-hydrogen) atoms. The predicted molar refractivity (Wildman–Crippen MR) is 77.3 cm³/mol. The number of hydrogen-bond donors (Lipinski definition) is 1. The van der Waals surface area contributed by atoms with Crippen LogP contribution < -0.4 is 5.32 Å². The summed E-state index contributed by atoms with van der Waals surface area (Å²) in [5.41, 5.74) is 0. The van der Waals surface area contributed by atoms with Crippen LogP contribution in [0, 0.1) is 5.92 Å². The summed E-state index contributed by atoms with van der Waals surface area (Å²) in [5.74, 6) is 0.567. The Morgan fingerprint density at radius 1 is 1.42 bits per heavy atom. The highest BCUT2D eigenvalue weighted by Crippen LogP contribution is 2.24. The first-order chi connectivity index (χ1) is 9.04. The van der Waals surface area contributed by atoms with Crippen LogP contribution in [0.2, 0.25) is 0 Å². The van der Waals surface area contributed by atoms with E-state index in [2.05, 4.69) is 26.2 Å². The van der Waals surface area contributed by atoms with Crippen molar-refractivity contribution in [2.45, 2.75) is 17.7 Å². The number of piperidine rings is 1. The number of nitrogens with one attached hydrogen (secondary N) is 1. The number of halogens is 1. The number of nitrogens with zero attached hydrogens (tertiary/aromatic N) is 2. The van der Waals surface area contributed by atoms with E-state index in [1.807, 2.05) is 7.05 Å². The highest BCUT2D eigenvalue weighted by atomic mass is 79.9. The molecule has 1 aliphatic rings. The molecule has 1 fully saturated rings.